The molecule has 1 N–H and O–H groups in total. The van der Waals surface area contributed by atoms with Crippen LogP contribution in [0.2, 0.25) is 0 Å². The number of ether oxygens (including phenoxy) is 2. The lowest BCUT2D eigenvalue weighted by Gasteiger charge is -2.32. The molecule has 5 heteroatoms. The van der Waals surface area contributed by atoms with Gasteiger partial charge in [-0.1, -0.05) is 154 Å². The highest BCUT2D eigenvalue weighted by Crippen LogP contribution is 2.13. The molecule has 0 aromatic carbocycles. The van der Waals surface area contributed by atoms with Gasteiger partial charge in [-0.25, -0.2) is 0 Å². The second-order valence-corrected chi connectivity index (χ2v) is 15.0. The van der Waals surface area contributed by atoms with Crippen LogP contribution < -0.4 is 17.0 Å². The second-order valence-electron chi connectivity index (χ2n) is 15.0. The number of hydrogen-bond acceptors (Lipinski definition) is 3. The molecule has 0 aliphatic heterocycles. The number of hydrogen-bond donors (Lipinski definition) is 1. The fraction of sp³-hybridized carbons (Fsp3) is 0.907. The van der Waals surface area contributed by atoms with Gasteiger partial charge in [0.05, 0.1) is 27.3 Å². The number of likely N-dealkylation sites (N-methyl/N-ethyl adjacent to an activating group) is 1. The summed E-state index contributed by atoms with van der Waals surface area (Å²) in [6.45, 7) is 8.76. The Bertz CT molecular complexity index is 654. The lowest BCUT2D eigenvalue weighted by atomic mass is 10.1. The molecule has 0 spiro atoms. The minimum Gasteiger partial charge on any atom is -1.00 e. The van der Waals surface area contributed by atoms with Crippen molar-refractivity contribution in [2.24, 2.45) is 0 Å². The third-order valence-electron chi connectivity index (χ3n) is 9.52. The summed E-state index contributed by atoms with van der Waals surface area (Å²) in [5.41, 5.74) is 0. The van der Waals surface area contributed by atoms with Gasteiger partial charge in [0.1, 0.15) is 19.2 Å². The van der Waals surface area contributed by atoms with E-state index in [1.807, 2.05) is 0 Å². The molecular formula is C43H86BrNO3. The van der Waals surface area contributed by atoms with Gasteiger partial charge in [0.15, 0.2) is 0 Å². The highest BCUT2D eigenvalue weighted by Gasteiger charge is 2.22. The van der Waals surface area contributed by atoms with Crippen molar-refractivity contribution in [3.8, 4) is 0 Å². The Morgan fingerprint density at radius 3 is 1.25 bits per heavy atom. The van der Waals surface area contributed by atoms with E-state index >= 15 is 0 Å². The minimum absolute atomic E-state index is 0. The standard InChI is InChI=1S/C43H86NO3.BrH/c1-5-7-9-11-13-15-17-19-21-23-25-27-29-31-33-35-39-46-42-43(41-44(3,4)37-38-45)47-40-36-34-32-30-28-26-24-22-20-18-16-14-12-10-8-6-2;/h19-22,43,45H,5-18,23-42H2,1-4H3;1H/q+1;/p-1/b21-19-,22-20-;. The van der Waals surface area contributed by atoms with E-state index in [0.29, 0.717) is 6.61 Å². The van der Waals surface area contributed by atoms with E-state index in [1.165, 1.54) is 167 Å². The van der Waals surface area contributed by atoms with Crippen LogP contribution in [0.3, 0.4) is 0 Å². The van der Waals surface area contributed by atoms with Crippen molar-refractivity contribution in [2.75, 3.05) is 53.6 Å². The van der Waals surface area contributed by atoms with Gasteiger partial charge >= 0.3 is 0 Å². The number of aliphatic hydroxyl groups is 1. The highest BCUT2D eigenvalue weighted by molar-refractivity contribution is 4.82. The van der Waals surface area contributed by atoms with Crippen LogP contribution in [0.5, 0.6) is 0 Å². The number of allylic oxidation sites excluding steroid dienone is 4. The summed E-state index contributed by atoms with van der Waals surface area (Å²) in [5.74, 6) is 0. The number of rotatable bonds is 39. The normalized spacial score (nSPS) is 12.8. The Balaban J connectivity index is 0. The molecule has 288 valence electrons. The van der Waals surface area contributed by atoms with E-state index in [0.717, 1.165) is 43.6 Å². The third-order valence-corrected chi connectivity index (χ3v) is 9.52. The maximum absolute atomic E-state index is 9.49. The van der Waals surface area contributed by atoms with E-state index in [2.05, 4.69) is 52.2 Å². The molecule has 1 atom stereocenters. The molecular weight excluding hydrogens is 658 g/mol. The smallest absolute Gasteiger partial charge is 0.130 e. The summed E-state index contributed by atoms with van der Waals surface area (Å²) < 4.78 is 13.2. The zero-order valence-corrected chi connectivity index (χ0v) is 34.6. The number of halogens is 1. The van der Waals surface area contributed by atoms with Gasteiger partial charge in [0.25, 0.3) is 0 Å². The Hall–Kier alpha value is -0.200. The summed E-state index contributed by atoms with van der Waals surface area (Å²) >= 11 is 0. The molecule has 0 saturated carbocycles. The Kier molecular flexibility index (Phi) is 42.9. The van der Waals surface area contributed by atoms with Crippen LogP contribution in [0.25, 0.3) is 0 Å². The number of nitrogens with zero attached hydrogens (tertiary/aromatic N) is 1. The van der Waals surface area contributed by atoms with E-state index in [1.54, 1.807) is 0 Å². The van der Waals surface area contributed by atoms with E-state index in [4.69, 9.17) is 9.47 Å². The molecule has 0 fully saturated rings. The molecule has 48 heavy (non-hydrogen) atoms. The van der Waals surface area contributed by atoms with Crippen LogP contribution in [-0.2, 0) is 9.47 Å². The number of unbranched alkanes of at least 4 members (excludes halogenated alkanes) is 24. The largest absolute Gasteiger partial charge is 1.00 e. The zero-order chi connectivity index (χ0) is 34.4. The van der Waals surface area contributed by atoms with Gasteiger partial charge in [0.2, 0.25) is 0 Å². The van der Waals surface area contributed by atoms with Crippen LogP contribution in [0.4, 0.5) is 0 Å². The number of aliphatic hydroxyl groups excluding tert-OH is 1. The van der Waals surface area contributed by atoms with Crippen molar-refractivity contribution in [3.63, 3.8) is 0 Å². The molecule has 4 nitrogen and oxygen atoms in total. The second kappa shape index (κ2) is 41.2. The first-order valence-corrected chi connectivity index (χ1v) is 21.0. The van der Waals surface area contributed by atoms with Crippen LogP contribution >= 0.6 is 0 Å². The topological polar surface area (TPSA) is 38.7 Å². The van der Waals surface area contributed by atoms with Crippen LogP contribution in [0.1, 0.15) is 194 Å². The molecule has 1 unspecified atom stereocenters. The quantitative estimate of drug-likeness (QED) is 0.0387. The Morgan fingerprint density at radius 1 is 0.500 bits per heavy atom. The maximum atomic E-state index is 9.49. The van der Waals surface area contributed by atoms with E-state index < -0.39 is 0 Å². The molecule has 0 radical (unpaired) electrons. The van der Waals surface area contributed by atoms with Gasteiger partial charge in [-0.05, 0) is 64.2 Å². The molecule has 0 aromatic heterocycles. The number of quaternary nitrogens is 1. The SMILES string of the molecule is CCCCCCCC/C=C\CCCCCCCCOCC(C[N+](C)(C)CCO)OCCCCCCCC/C=C\CCCCCCCC.[Br-]. The lowest BCUT2D eigenvalue weighted by Crippen LogP contribution is -3.00. The summed E-state index contributed by atoms with van der Waals surface area (Å²) in [5, 5.41) is 9.49. The van der Waals surface area contributed by atoms with Crippen LogP contribution in [0, 0.1) is 0 Å². The fourth-order valence-electron chi connectivity index (χ4n) is 6.33. The first-order chi connectivity index (χ1) is 23.1. The van der Waals surface area contributed by atoms with Gasteiger partial charge in [-0.15, -0.1) is 0 Å². The highest BCUT2D eigenvalue weighted by atomic mass is 79.9. The van der Waals surface area contributed by atoms with Crippen molar-refractivity contribution in [2.45, 2.75) is 200 Å². The van der Waals surface area contributed by atoms with E-state index in [-0.39, 0.29) is 29.7 Å². The molecule has 0 rings (SSSR count). The molecule has 0 saturated heterocycles. The monoisotopic (exact) mass is 744 g/mol. The van der Waals surface area contributed by atoms with E-state index in [9.17, 15) is 5.11 Å². The van der Waals surface area contributed by atoms with Crippen molar-refractivity contribution in [1.29, 1.82) is 0 Å². The summed E-state index contributed by atoms with van der Waals surface area (Å²) in [6.07, 6.45) is 47.0. The van der Waals surface area contributed by atoms with Crippen LogP contribution in [0.15, 0.2) is 24.3 Å². The van der Waals surface area contributed by atoms with Crippen LogP contribution in [-0.4, -0.2) is 69.3 Å². The Morgan fingerprint density at radius 2 is 0.854 bits per heavy atom. The minimum atomic E-state index is 0. The Labute approximate surface area is 312 Å². The molecule has 0 aliphatic rings. The predicted molar refractivity (Wildman–Crippen MR) is 208 cm³/mol. The van der Waals surface area contributed by atoms with Gasteiger partial charge < -0.3 is 36.0 Å². The fourth-order valence-corrected chi connectivity index (χ4v) is 6.33. The van der Waals surface area contributed by atoms with Crippen molar-refractivity contribution < 1.29 is 36.0 Å². The summed E-state index contributed by atoms with van der Waals surface area (Å²) in [7, 11) is 4.36. The molecule has 0 amide bonds. The lowest BCUT2D eigenvalue weighted by molar-refractivity contribution is -0.893. The van der Waals surface area contributed by atoms with Gasteiger partial charge in [-0.2, -0.15) is 0 Å². The molecule has 0 aliphatic carbocycles. The molecule has 0 heterocycles. The van der Waals surface area contributed by atoms with Crippen molar-refractivity contribution in [1.82, 2.24) is 0 Å². The first-order valence-electron chi connectivity index (χ1n) is 21.0. The third kappa shape index (κ3) is 40.2. The molecule has 0 bridgehead atoms. The van der Waals surface area contributed by atoms with Crippen molar-refractivity contribution >= 4 is 0 Å². The molecule has 0 aromatic rings. The predicted octanol–water partition coefficient (Wildman–Crippen LogP) is 9.54. The first kappa shape index (κ1) is 49.9. The average Bonchev–Trinajstić information content (AvgIpc) is 3.05. The van der Waals surface area contributed by atoms with Gasteiger partial charge in [0, 0.05) is 13.2 Å². The average molecular weight is 745 g/mol. The summed E-state index contributed by atoms with van der Waals surface area (Å²) in [6, 6.07) is 0. The zero-order valence-electron chi connectivity index (χ0n) is 33.0. The van der Waals surface area contributed by atoms with Crippen molar-refractivity contribution in [3.05, 3.63) is 24.3 Å². The maximum Gasteiger partial charge on any atom is 0.130 e. The van der Waals surface area contributed by atoms with Gasteiger partial charge in [-0.3, -0.25) is 0 Å². The summed E-state index contributed by atoms with van der Waals surface area (Å²) in [4.78, 5) is 0.